The first-order chi connectivity index (χ1) is 8.70. The summed E-state index contributed by atoms with van der Waals surface area (Å²) in [5.41, 5.74) is 1.06. The van der Waals surface area contributed by atoms with Crippen molar-refractivity contribution in [2.45, 2.75) is 38.3 Å². The summed E-state index contributed by atoms with van der Waals surface area (Å²) in [5.74, 6) is -0.147. The molecule has 3 heteroatoms. The van der Waals surface area contributed by atoms with E-state index in [2.05, 4.69) is 24.2 Å². The molecule has 0 bridgehead atoms. The molecule has 0 amide bonds. The van der Waals surface area contributed by atoms with Gasteiger partial charge in [0.15, 0.2) is 0 Å². The molecule has 1 saturated carbocycles. The quantitative estimate of drug-likeness (QED) is 0.800. The maximum atomic E-state index is 13.3. The first-order valence-corrected chi connectivity index (χ1v) is 6.89. The zero-order chi connectivity index (χ0) is 13.0. The minimum absolute atomic E-state index is 0.147. The van der Waals surface area contributed by atoms with Gasteiger partial charge in [-0.15, -0.1) is 0 Å². The molecule has 0 aliphatic heterocycles. The average molecular weight is 250 g/mol. The van der Waals surface area contributed by atoms with Crippen molar-refractivity contribution in [2.24, 2.45) is 0 Å². The van der Waals surface area contributed by atoms with Crippen molar-refractivity contribution in [1.29, 1.82) is 0 Å². The maximum Gasteiger partial charge on any atom is 0.123 e. The highest BCUT2D eigenvalue weighted by Crippen LogP contribution is 2.26. The van der Waals surface area contributed by atoms with E-state index < -0.39 is 0 Å². The lowest BCUT2D eigenvalue weighted by Crippen LogP contribution is -2.28. The molecule has 0 heterocycles. The van der Waals surface area contributed by atoms with E-state index in [9.17, 15) is 4.39 Å². The Bertz CT molecular complexity index is 377. The monoisotopic (exact) mass is 250 g/mol. The number of rotatable bonds is 7. The highest BCUT2D eigenvalue weighted by molar-refractivity contribution is 5.20. The Balaban J connectivity index is 1.93. The van der Waals surface area contributed by atoms with E-state index in [1.54, 1.807) is 12.1 Å². The lowest BCUT2D eigenvalue weighted by molar-refractivity contribution is 0.299. The van der Waals surface area contributed by atoms with Crippen LogP contribution < -0.4 is 5.32 Å². The topological polar surface area (TPSA) is 15.3 Å². The SMILES string of the molecule is CCNC(CCN(C)C1CC1)c1cccc(F)c1. The van der Waals surface area contributed by atoms with Crippen molar-refractivity contribution in [3.63, 3.8) is 0 Å². The molecule has 1 aromatic carbocycles. The predicted octanol–water partition coefficient (Wildman–Crippen LogP) is 2.96. The summed E-state index contributed by atoms with van der Waals surface area (Å²) in [7, 11) is 2.19. The van der Waals surface area contributed by atoms with E-state index in [1.807, 2.05) is 6.07 Å². The summed E-state index contributed by atoms with van der Waals surface area (Å²) in [4.78, 5) is 2.42. The van der Waals surface area contributed by atoms with Gasteiger partial charge in [-0.3, -0.25) is 0 Å². The first kappa shape index (κ1) is 13.5. The van der Waals surface area contributed by atoms with Crippen LogP contribution in [0.15, 0.2) is 24.3 Å². The van der Waals surface area contributed by atoms with E-state index >= 15 is 0 Å². The molecule has 0 spiro atoms. The van der Waals surface area contributed by atoms with Crippen LogP contribution in [0.2, 0.25) is 0 Å². The highest BCUT2D eigenvalue weighted by atomic mass is 19.1. The molecule has 0 saturated heterocycles. The fraction of sp³-hybridized carbons (Fsp3) is 0.600. The first-order valence-electron chi connectivity index (χ1n) is 6.89. The summed E-state index contributed by atoms with van der Waals surface area (Å²) >= 11 is 0. The third-order valence-electron chi connectivity index (χ3n) is 3.64. The molecule has 2 nitrogen and oxygen atoms in total. The molecule has 2 rings (SSSR count). The lowest BCUT2D eigenvalue weighted by Gasteiger charge is -2.22. The molecule has 0 radical (unpaired) electrons. The largest absolute Gasteiger partial charge is 0.310 e. The maximum absolute atomic E-state index is 13.3. The molecule has 1 fully saturated rings. The molecule has 0 aromatic heterocycles. The van der Waals surface area contributed by atoms with Crippen LogP contribution in [0.5, 0.6) is 0 Å². The second kappa shape index (κ2) is 6.30. The summed E-state index contributed by atoms with van der Waals surface area (Å²) in [6.45, 7) is 4.07. The van der Waals surface area contributed by atoms with E-state index in [0.717, 1.165) is 31.1 Å². The summed E-state index contributed by atoms with van der Waals surface area (Å²) in [6.07, 6.45) is 3.70. The van der Waals surface area contributed by atoms with Crippen molar-refractivity contribution in [1.82, 2.24) is 10.2 Å². The Morgan fingerprint density at radius 3 is 2.83 bits per heavy atom. The van der Waals surface area contributed by atoms with Crippen LogP contribution in [0.1, 0.15) is 37.8 Å². The van der Waals surface area contributed by atoms with Crippen LogP contribution in [-0.2, 0) is 0 Å². The summed E-state index contributed by atoms with van der Waals surface area (Å²) in [5, 5.41) is 3.45. The van der Waals surface area contributed by atoms with Gasteiger partial charge in [0.2, 0.25) is 0 Å². The van der Waals surface area contributed by atoms with Crippen LogP contribution in [0.3, 0.4) is 0 Å². The number of benzene rings is 1. The van der Waals surface area contributed by atoms with Gasteiger partial charge in [0.05, 0.1) is 0 Å². The Morgan fingerprint density at radius 1 is 1.44 bits per heavy atom. The fourth-order valence-electron chi connectivity index (χ4n) is 2.39. The number of nitrogens with one attached hydrogen (secondary N) is 1. The zero-order valence-electron chi connectivity index (χ0n) is 11.3. The molecule has 1 aliphatic rings. The number of nitrogens with zero attached hydrogens (tertiary/aromatic N) is 1. The molecular weight excluding hydrogens is 227 g/mol. The molecular formula is C15H23FN2. The van der Waals surface area contributed by atoms with Crippen LogP contribution in [0.25, 0.3) is 0 Å². The molecule has 1 atom stereocenters. The van der Waals surface area contributed by atoms with E-state index in [-0.39, 0.29) is 11.9 Å². The van der Waals surface area contributed by atoms with Crippen molar-refractivity contribution in [2.75, 3.05) is 20.1 Å². The standard InChI is InChI=1S/C15H23FN2/c1-3-17-15(9-10-18(2)14-7-8-14)12-5-4-6-13(16)11-12/h4-6,11,14-15,17H,3,7-10H2,1-2H3. The lowest BCUT2D eigenvalue weighted by atomic mass is 10.0. The molecule has 1 aromatic rings. The summed E-state index contributed by atoms with van der Waals surface area (Å²) < 4.78 is 13.3. The van der Waals surface area contributed by atoms with Crippen molar-refractivity contribution < 1.29 is 4.39 Å². The number of halogens is 1. The Morgan fingerprint density at radius 2 is 2.22 bits per heavy atom. The predicted molar refractivity (Wildman–Crippen MR) is 73.1 cm³/mol. The van der Waals surface area contributed by atoms with Crippen molar-refractivity contribution >= 4 is 0 Å². The molecule has 18 heavy (non-hydrogen) atoms. The second-order valence-electron chi connectivity index (χ2n) is 5.17. The molecule has 1 N–H and O–H groups in total. The number of hydrogen-bond donors (Lipinski definition) is 1. The van der Waals surface area contributed by atoms with Crippen molar-refractivity contribution in [3.8, 4) is 0 Å². The third kappa shape index (κ3) is 3.79. The highest BCUT2D eigenvalue weighted by Gasteiger charge is 2.26. The van der Waals surface area contributed by atoms with Crippen LogP contribution in [0.4, 0.5) is 4.39 Å². The second-order valence-corrected chi connectivity index (χ2v) is 5.17. The molecule has 1 aliphatic carbocycles. The molecule has 100 valence electrons. The van der Waals surface area contributed by atoms with Gasteiger partial charge in [0.1, 0.15) is 5.82 Å². The van der Waals surface area contributed by atoms with Crippen molar-refractivity contribution in [3.05, 3.63) is 35.6 Å². The third-order valence-corrected chi connectivity index (χ3v) is 3.64. The average Bonchev–Trinajstić information content (AvgIpc) is 3.18. The normalized spacial score (nSPS) is 17.1. The van der Waals surface area contributed by atoms with Gasteiger partial charge in [-0.2, -0.15) is 0 Å². The van der Waals surface area contributed by atoms with E-state index in [0.29, 0.717) is 0 Å². The van der Waals surface area contributed by atoms with Crippen LogP contribution >= 0.6 is 0 Å². The van der Waals surface area contributed by atoms with E-state index in [4.69, 9.17) is 0 Å². The van der Waals surface area contributed by atoms with Gasteiger partial charge < -0.3 is 10.2 Å². The van der Waals surface area contributed by atoms with Gasteiger partial charge in [-0.25, -0.2) is 4.39 Å². The summed E-state index contributed by atoms with van der Waals surface area (Å²) in [6, 6.07) is 7.99. The Hall–Kier alpha value is -0.930. The Kier molecular flexibility index (Phi) is 4.72. The van der Waals surface area contributed by atoms with Gasteiger partial charge in [0, 0.05) is 12.1 Å². The Labute approximate surface area is 109 Å². The van der Waals surface area contributed by atoms with Gasteiger partial charge in [-0.1, -0.05) is 19.1 Å². The molecule has 1 unspecified atom stereocenters. The van der Waals surface area contributed by atoms with Gasteiger partial charge in [-0.05, 0) is 57.1 Å². The zero-order valence-corrected chi connectivity index (χ0v) is 11.3. The van der Waals surface area contributed by atoms with Crippen LogP contribution in [0, 0.1) is 5.82 Å². The smallest absolute Gasteiger partial charge is 0.123 e. The van der Waals surface area contributed by atoms with Gasteiger partial charge >= 0.3 is 0 Å². The van der Waals surface area contributed by atoms with E-state index in [1.165, 1.54) is 18.9 Å². The minimum Gasteiger partial charge on any atom is -0.310 e. The van der Waals surface area contributed by atoms with Gasteiger partial charge in [0.25, 0.3) is 0 Å². The number of hydrogen-bond acceptors (Lipinski definition) is 2. The minimum atomic E-state index is -0.147. The fourth-order valence-corrected chi connectivity index (χ4v) is 2.39. The van der Waals surface area contributed by atoms with Crippen LogP contribution in [-0.4, -0.2) is 31.1 Å².